The number of hydrogen-bond acceptors (Lipinski definition) is 4. The van der Waals surface area contributed by atoms with E-state index in [0.717, 1.165) is 50.7 Å². The summed E-state index contributed by atoms with van der Waals surface area (Å²) in [5, 5.41) is 9.30. The number of ether oxygens (including phenoxy) is 2. The van der Waals surface area contributed by atoms with Crippen molar-refractivity contribution >= 4 is 35.8 Å². The van der Waals surface area contributed by atoms with E-state index in [1.807, 2.05) is 6.92 Å². The molecule has 0 spiro atoms. The molecular weight excluding hydrogens is 471 g/mol. The van der Waals surface area contributed by atoms with Crippen LogP contribution in [0.5, 0.6) is 5.75 Å². The fourth-order valence-corrected chi connectivity index (χ4v) is 2.25. The minimum absolute atomic E-state index is 0. The van der Waals surface area contributed by atoms with Crippen molar-refractivity contribution in [3.63, 3.8) is 0 Å². The molecule has 0 radical (unpaired) electrons. The summed E-state index contributed by atoms with van der Waals surface area (Å²) in [5.74, 6) is 1.38. The van der Waals surface area contributed by atoms with Crippen molar-refractivity contribution < 1.29 is 14.3 Å². The van der Waals surface area contributed by atoms with E-state index < -0.39 is 0 Å². The number of nitrogens with zero attached hydrogens (tertiary/aromatic N) is 1. The van der Waals surface area contributed by atoms with Gasteiger partial charge < -0.3 is 25.4 Å². The predicted molar refractivity (Wildman–Crippen MR) is 125 cm³/mol. The Morgan fingerprint density at radius 2 is 1.68 bits per heavy atom. The molecule has 3 N–H and O–H groups in total. The highest BCUT2D eigenvalue weighted by atomic mass is 127. The van der Waals surface area contributed by atoms with Gasteiger partial charge in [-0.05, 0) is 44.0 Å². The molecule has 28 heavy (non-hydrogen) atoms. The molecule has 8 heteroatoms. The van der Waals surface area contributed by atoms with Gasteiger partial charge in [-0.1, -0.05) is 13.3 Å². The maximum Gasteiger partial charge on any atom is 0.251 e. The third-order valence-electron chi connectivity index (χ3n) is 3.76. The van der Waals surface area contributed by atoms with Crippen LogP contribution in [-0.4, -0.2) is 58.4 Å². The van der Waals surface area contributed by atoms with Gasteiger partial charge >= 0.3 is 0 Å². The molecule has 0 aromatic heterocycles. The van der Waals surface area contributed by atoms with Gasteiger partial charge in [-0.25, -0.2) is 0 Å². The van der Waals surface area contributed by atoms with Gasteiger partial charge in [-0.2, -0.15) is 0 Å². The quantitative estimate of drug-likeness (QED) is 0.166. The summed E-state index contributed by atoms with van der Waals surface area (Å²) in [6.07, 6.45) is 3.16. The van der Waals surface area contributed by atoms with Crippen LogP contribution in [0, 0.1) is 0 Å². The van der Waals surface area contributed by atoms with E-state index in [1.165, 1.54) is 0 Å². The Morgan fingerprint density at radius 3 is 2.32 bits per heavy atom. The van der Waals surface area contributed by atoms with Gasteiger partial charge in [0.15, 0.2) is 5.96 Å². The molecule has 0 saturated carbocycles. The number of unbranched alkanes of at least 4 members (excludes halogenated alkanes) is 1. The van der Waals surface area contributed by atoms with Crippen molar-refractivity contribution in [1.29, 1.82) is 0 Å². The number of carbonyl (C=O) groups is 1. The van der Waals surface area contributed by atoms with E-state index in [0.29, 0.717) is 25.2 Å². The zero-order valence-electron chi connectivity index (χ0n) is 17.3. The highest BCUT2D eigenvalue weighted by molar-refractivity contribution is 14.0. The van der Waals surface area contributed by atoms with Crippen LogP contribution in [0.2, 0.25) is 0 Å². The summed E-state index contributed by atoms with van der Waals surface area (Å²) in [7, 11) is 1.60. The summed E-state index contributed by atoms with van der Waals surface area (Å²) in [6, 6.07) is 7.04. The third kappa shape index (κ3) is 12.0. The first-order valence-corrected chi connectivity index (χ1v) is 9.73. The summed E-state index contributed by atoms with van der Waals surface area (Å²) in [6.45, 7) is 8.35. The van der Waals surface area contributed by atoms with E-state index in [-0.39, 0.29) is 29.9 Å². The Hall–Kier alpha value is -1.55. The number of guanidine groups is 1. The van der Waals surface area contributed by atoms with E-state index in [1.54, 1.807) is 31.4 Å². The van der Waals surface area contributed by atoms with Gasteiger partial charge in [-0.3, -0.25) is 9.79 Å². The maximum absolute atomic E-state index is 12.1. The van der Waals surface area contributed by atoms with Gasteiger partial charge in [0.1, 0.15) is 5.75 Å². The first-order valence-electron chi connectivity index (χ1n) is 9.73. The van der Waals surface area contributed by atoms with Crippen molar-refractivity contribution in [2.24, 2.45) is 4.99 Å². The Balaban J connectivity index is 0.00000729. The number of rotatable bonds is 13. The summed E-state index contributed by atoms with van der Waals surface area (Å²) in [5.41, 5.74) is 0.611. The van der Waals surface area contributed by atoms with E-state index in [4.69, 9.17) is 9.47 Å². The van der Waals surface area contributed by atoms with Gasteiger partial charge in [0, 0.05) is 45.0 Å². The SMILES string of the molecule is CCCCOCCCN=C(NCC)NCCNC(=O)c1ccc(OC)cc1.I. The van der Waals surface area contributed by atoms with E-state index in [9.17, 15) is 4.79 Å². The van der Waals surface area contributed by atoms with Gasteiger partial charge in [-0.15, -0.1) is 24.0 Å². The van der Waals surface area contributed by atoms with Gasteiger partial charge in [0.2, 0.25) is 0 Å². The lowest BCUT2D eigenvalue weighted by Gasteiger charge is -2.12. The molecule has 0 bridgehead atoms. The zero-order chi connectivity index (χ0) is 19.7. The number of halogens is 1. The molecule has 160 valence electrons. The second-order valence-electron chi connectivity index (χ2n) is 5.99. The maximum atomic E-state index is 12.1. The molecule has 0 aliphatic carbocycles. The van der Waals surface area contributed by atoms with Crippen molar-refractivity contribution in [3.8, 4) is 5.75 Å². The monoisotopic (exact) mass is 506 g/mol. The summed E-state index contributed by atoms with van der Waals surface area (Å²) < 4.78 is 10.6. The van der Waals surface area contributed by atoms with Crippen LogP contribution in [-0.2, 0) is 4.74 Å². The molecule has 1 rings (SSSR count). The molecule has 0 fully saturated rings. The average molecular weight is 506 g/mol. The molecule has 1 aromatic carbocycles. The normalized spacial score (nSPS) is 10.8. The molecule has 7 nitrogen and oxygen atoms in total. The number of benzene rings is 1. The van der Waals surface area contributed by atoms with Crippen LogP contribution in [0.25, 0.3) is 0 Å². The molecule has 1 amide bonds. The van der Waals surface area contributed by atoms with Crippen LogP contribution in [0.15, 0.2) is 29.3 Å². The van der Waals surface area contributed by atoms with Crippen LogP contribution in [0.1, 0.15) is 43.5 Å². The largest absolute Gasteiger partial charge is 0.497 e. The highest BCUT2D eigenvalue weighted by Gasteiger charge is 2.05. The van der Waals surface area contributed by atoms with E-state index >= 15 is 0 Å². The topological polar surface area (TPSA) is 84.0 Å². The molecule has 0 aliphatic heterocycles. The van der Waals surface area contributed by atoms with Crippen LogP contribution >= 0.6 is 24.0 Å². The molecule has 0 saturated heterocycles. The molecular formula is C20H35IN4O3. The Kier molecular flexibility index (Phi) is 16.6. The molecule has 0 unspecified atom stereocenters. The second-order valence-corrected chi connectivity index (χ2v) is 5.99. The minimum Gasteiger partial charge on any atom is -0.497 e. The zero-order valence-corrected chi connectivity index (χ0v) is 19.6. The summed E-state index contributed by atoms with van der Waals surface area (Å²) in [4.78, 5) is 16.6. The Labute approximate surface area is 186 Å². The number of methoxy groups -OCH3 is 1. The molecule has 0 aliphatic rings. The second kappa shape index (κ2) is 17.5. The van der Waals surface area contributed by atoms with Gasteiger partial charge in [0.25, 0.3) is 5.91 Å². The lowest BCUT2D eigenvalue weighted by atomic mass is 10.2. The van der Waals surface area contributed by atoms with Crippen LogP contribution < -0.4 is 20.7 Å². The number of hydrogen-bond donors (Lipinski definition) is 3. The Bertz CT molecular complexity index is 553. The van der Waals surface area contributed by atoms with E-state index in [2.05, 4.69) is 27.9 Å². The fraction of sp³-hybridized carbons (Fsp3) is 0.600. The lowest BCUT2D eigenvalue weighted by molar-refractivity contribution is 0.0954. The fourth-order valence-electron chi connectivity index (χ4n) is 2.25. The lowest BCUT2D eigenvalue weighted by Crippen LogP contribution is -2.41. The van der Waals surface area contributed by atoms with Crippen molar-refractivity contribution in [3.05, 3.63) is 29.8 Å². The van der Waals surface area contributed by atoms with Crippen LogP contribution in [0.3, 0.4) is 0 Å². The number of amides is 1. The predicted octanol–water partition coefficient (Wildman–Crippen LogP) is 2.80. The highest BCUT2D eigenvalue weighted by Crippen LogP contribution is 2.10. The molecule has 0 heterocycles. The number of aliphatic imine (C=N–C) groups is 1. The smallest absolute Gasteiger partial charge is 0.251 e. The first-order chi connectivity index (χ1) is 13.2. The molecule has 1 aromatic rings. The van der Waals surface area contributed by atoms with Gasteiger partial charge in [0.05, 0.1) is 7.11 Å². The standard InChI is InChI=1S/C20H34N4O3.HI/c1-4-6-15-27-16-7-12-23-20(21-5-2)24-14-13-22-19(25)17-8-10-18(26-3)11-9-17;/h8-11H,4-7,12-16H2,1-3H3,(H,22,25)(H2,21,23,24);1H. The first kappa shape index (κ1) is 26.4. The number of carbonyl (C=O) groups excluding carboxylic acids is 1. The number of nitrogens with one attached hydrogen (secondary N) is 3. The third-order valence-corrected chi connectivity index (χ3v) is 3.76. The summed E-state index contributed by atoms with van der Waals surface area (Å²) >= 11 is 0. The minimum atomic E-state index is -0.106. The van der Waals surface area contributed by atoms with Crippen LogP contribution in [0.4, 0.5) is 0 Å². The van der Waals surface area contributed by atoms with Crippen molar-refractivity contribution in [2.75, 3.05) is 46.5 Å². The molecule has 0 atom stereocenters. The Morgan fingerprint density at radius 1 is 1.00 bits per heavy atom. The average Bonchev–Trinajstić information content (AvgIpc) is 2.70. The van der Waals surface area contributed by atoms with Crippen molar-refractivity contribution in [2.45, 2.75) is 33.1 Å². The van der Waals surface area contributed by atoms with Crippen molar-refractivity contribution in [1.82, 2.24) is 16.0 Å².